The Kier molecular flexibility index (Phi) is 6.60. The van der Waals surface area contributed by atoms with Gasteiger partial charge in [0.15, 0.2) is 0 Å². The molecular formula is C20H30FN3O3S. The van der Waals surface area contributed by atoms with Crippen molar-refractivity contribution in [2.24, 2.45) is 11.8 Å². The largest absolute Gasteiger partial charge is 0.338 e. The second kappa shape index (κ2) is 8.78. The van der Waals surface area contributed by atoms with Crippen molar-refractivity contribution in [1.29, 1.82) is 0 Å². The third kappa shape index (κ3) is 4.84. The van der Waals surface area contributed by atoms with Crippen LogP contribution < -0.4 is 5.32 Å². The molecular weight excluding hydrogens is 381 g/mol. The van der Waals surface area contributed by atoms with Gasteiger partial charge in [0.25, 0.3) is 0 Å². The minimum absolute atomic E-state index is 0.0979. The maximum absolute atomic E-state index is 12.9. The van der Waals surface area contributed by atoms with E-state index in [9.17, 15) is 17.6 Å². The molecule has 1 aromatic rings. The van der Waals surface area contributed by atoms with Crippen LogP contribution in [0.2, 0.25) is 0 Å². The van der Waals surface area contributed by atoms with Crippen molar-refractivity contribution < 1.29 is 17.6 Å². The topological polar surface area (TPSA) is 69.7 Å². The van der Waals surface area contributed by atoms with Crippen molar-refractivity contribution in [3.05, 3.63) is 35.6 Å². The smallest absolute Gasteiger partial charge is 0.317 e. The summed E-state index contributed by atoms with van der Waals surface area (Å²) in [6.45, 7) is 6.71. The molecule has 0 bridgehead atoms. The Hall–Kier alpha value is -1.67. The van der Waals surface area contributed by atoms with E-state index in [4.69, 9.17) is 0 Å². The van der Waals surface area contributed by atoms with Gasteiger partial charge in [0.05, 0.1) is 5.25 Å². The van der Waals surface area contributed by atoms with Crippen molar-refractivity contribution >= 4 is 16.1 Å². The monoisotopic (exact) mass is 411 g/mol. The number of nitrogens with zero attached hydrogens (tertiary/aromatic N) is 2. The number of fused-ring (bicyclic) bond motifs is 1. The number of halogens is 1. The summed E-state index contributed by atoms with van der Waals surface area (Å²) in [6.07, 6.45) is 1.83. The van der Waals surface area contributed by atoms with Crippen molar-refractivity contribution in [3.63, 3.8) is 0 Å². The number of likely N-dealkylation sites (tertiary alicyclic amines) is 1. The first-order chi connectivity index (χ1) is 13.3. The fraction of sp³-hybridized carbons (Fsp3) is 0.650. The van der Waals surface area contributed by atoms with Crippen LogP contribution in [0.3, 0.4) is 0 Å². The molecule has 0 radical (unpaired) electrons. The van der Waals surface area contributed by atoms with Gasteiger partial charge in [-0.25, -0.2) is 21.9 Å². The third-order valence-electron chi connectivity index (χ3n) is 5.62. The van der Waals surface area contributed by atoms with E-state index in [2.05, 4.69) is 5.32 Å². The third-order valence-corrected chi connectivity index (χ3v) is 8.02. The molecule has 2 aliphatic heterocycles. The maximum atomic E-state index is 12.9. The summed E-state index contributed by atoms with van der Waals surface area (Å²) < 4.78 is 40.2. The van der Waals surface area contributed by atoms with Crippen LogP contribution in [0.5, 0.6) is 0 Å². The predicted octanol–water partition coefficient (Wildman–Crippen LogP) is 2.46. The lowest BCUT2D eigenvalue weighted by atomic mass is 10.0. The Morgan fingerprint density at radius 3 is 2.57 bits per heavy atom. The van der Waals surface area contributed by atoms with Crippen LogP contribution in [-0.4, -0.2) is 61.6 Å². The van der Waals surface area contributed by atoms with Gasteiger partial charge < -0.3 is 10.2 Å². The van der Waals surface area contributed by atoms with E-state index in [1.54, 1.807) is 21.3 Å². The summed E-state index contributed by atoms with van der Waals surface area (Å²) in [4.78, 5) is 14.2. The number of hydrogen-bond acceptors (Lipinski definition) is 3. The lowest BCUT2D eigenvalue weighted by Crippen LogP contribution is -2.42. The fourth-order valence-corrected chi connectivity index (χ4v) is 6.56. The molecule has 2 amide bonds. The van der Waals surface area contributed by atoms with Gasteiger partial charge >= 0.3 is 6.03 Å². The van der Waals surface area contributed by atoms with Crippen molar-refractivity contribution in [2.45, 2.75) is 38.4 Å². The fourth-order valence-electron chi connectivity index (χ4n) is 4.16. The van der Waals surface area contributed by atoms with E-state index in [0.29, 0.717) is 57.9 Å². The molecule has 2 heterocycles. The number of amides is 2. The molecule has 0 aliphatic carbocycles. The van der Waals surface area contributed by atoms with Crippen LogP contribution in [0, 0.1) is 17.7 Å². The highest BCUT2D eigenvalue weighted by atomic mass is 32.2. The molecule has 156 valence electrons. The zero-order valence-electron chi connectivity index (χ0n) is 16.6. The van der Waals surface area contributed by atoms with E-state index in [0.717, 1.165) is 5.56 Å². The van der Waals surface area contributed by atoms with Gasteiger partial charge in [-0.1, -0.05) is 26.0 Å². The first-order valence-corrected chi connectivity index (χ1v) is 11.5. The van der Waals surface area contributed by atoms with Crippen LogP contribution in [-0.2, 0) is 16.4 Å². The van der Waals surface area contributed by atoms with Crippen LogP contribution in [0.1, 0.15) is 32.3 Å². The Bertz CT molecular complexity index is 782. The van der Waals surface area contributed by atoms with Gasteiger partial charge in [-0.2, -0.15) is 0 Å². The molecule has 0 aromatic heterocycles. The number of carbonyl (C=O) groups is 1. The first-order valence-electron chi connectivity index (χ1n) is 10.0. The zero-order chi connectivity index (χ0) is 20.3. The summed E-state index contributed by atoms with van der Waals surface area (Å²) in [6, 6.07) is 6.09. The molecule has 2 saturated heterocycles. The first kappa shape index (κ1) is 21.0. The molecule has 0 saturated carbocycles. The van der Waals surface area contributed by atoms with Gasteiger partial charge in [-0.05, 0) is 48.8 Å². The summed E-state index contributed by atoms with van der Waals surface area (Å²) >= 11 is 0. The maximum Gasteiger partial charge on any atom is 0.317 e. The molecule has 2 atom stereocenters. The van der Waals surface area contributed by atoms with Gasteiger partial charge in [0, 0.05) is 32.7 Å². The minimum Gasteiger partial charge on any atom is -0.338 e. The Balaban J connectivity index is 1.50. The van der Waals surface area contributed by atoms with Crippen LogP contribution in [0.15, 0.2) is 24.3 Å². The van der Waals surface area contributed by atoms with Crippen molar-refractivity contribution in [2.75, 3.05) is 32.7 Å². The Morgan fingerprint density at radius 1 is 1.21 bits per heavy atom. The standard InChI is InChI=1S/C20H30FN3O3S/c1-15(2)13-24-14-17-8-11-23(12-9-19(17)28(24,26)27)20(25)22-10-7-16-3-5-18(21)6-4-16/h3-6,15,17,19H,7-14H2,1-2H3,(H,22,25)/t17-,19-/m0/s1. The van der Waals surface area contributed by atoms with E-state index in [1.807, 2.05) is 13.8 Å². The summed E-state index contributed by atoms with van der Waals surface area (Å²) in [5, 5.41) is 2.53. The lowest BCUT2D eigenvalue weighted by molar-refractivity contribution is 0.198. The van der Waals surface area contributed by atoms with Crippen LogP contribution in [0.4, 0.5) is 9.18 Å². The van der Waals surface area contributed by atoms with Crippen molar-refractivity contribution in [1.82, 2.24) is 14.5 Å². The Labute approximate surface area is 167 Å². The van der Waals surface area contributed by atoms with E-state index in [1.165, 1.54) is 12.1 Å². The average Bonchev–Trinajstić information content (AvgIpc) is 2.78. The minimum atomic E-state index is -3.27. The lowest BCUT2D eigenvalue weighted by Gasteiger charge is -2.23. The number of hydrogen-bond donors (Lipinski definition) is 1. The van der Waals surface area contributed by atoms with Crippen molar-refractivity contribution in [3.8, 4) is 0 Å². The SMILES string of the molecule is CC(C)CN1C[C@@H]2CCN(C(=O)NCCc3ccc(F)cc3)CC[C@@H]2S1(=O)=O. The highest BCUT2D eigenvalue weighted by molar-refractivity contribution is 7.90. The molecule has 2 aliphatic rings. The quantitative estimate of drug-likeness (QED) is 0.809. The summed E-state index contributed by atoms with van der Waals surface area (Å²) in [7, 11) is -3.27. The van der Waals surface area contributed by atoms with E-state index < -0.39 is 10.0 Å². The number of carbonyl (C=O) groups excluding carboxylic acids is 1. The highest BCUT2D eigenvalue weighted by Gasteiger charge is 2.47. The zero-order valence-corrected chi connectivity index (χ0v) is 17.4. The molecule has 3 rings (SSSR count). The van der Waals surface area contributed by atoms with Gasteiger partial charge in [0.2, 0.25) is 10.0 Å². The van der Waals surface area contributed by atoms with Gasteiger partial charge in [0.1, 0.15) is 5.82 Å². The molecule has 28 heavy (non-hydrogen) atoms. The molecule has 0 spiro atoms. The second-order valence-electron chi connectivity index (χ2n) is 8.23. The number of urea groups is 1. The highest BCUT2D eigenvalue weighted by Crippen LogP contribution is 2.34. The molecule has 8 heteroatoms. The summed E-state index contributed by atoms with van der Waals surface area (Å²) in [5.41, 5.74) is 0.962. The molecule has 2 fully saturated rings. The number of sulfonamides is 1. The van der Waals surface area contributed by atoms with Crippen LogP contribution in [0.25, 0.3) is 0 Å². The second-order valence-corrected chi connectivity index (χ2v) is 10.4. The Morgan fingerprint density at radius 2 is 1.89 bits per heavy atom. The molecule has 0 unspecified atom stereocenters. The van der Waals surface area contributed by atoms with Crippen LogP contribution >= 0.6 is 0 Å². The molecule has 1 aromatic carbocycles. The number of nitrogens with one attached hydrogen (secondary N) is 1. The summed E-state index contributed by atoms with van der Waals surface area (Å²) in [5.74, 6) is 0.131. The predicted molar refractivity (Wildman–Crippen MR) is 107 cm³/mol. The normalized spacial score (nSPS) is 24.8. The van der Waals surface area contributed by atoms with E-state index in [-0.39, 0.29) is 23.0 Å². The van der Waals surface area contributed by atoms with Gasteiger partial charge in [-0.3, -0.25) is 0 Å². The molecule has 1 N–H and O–H groups in total. The number of rotatable bonds is 5. The van der Waals surface area contributed by atoms with E-state index >= 15 is 0 Å². The number of benzene rings is 1. The van der Waals surface area contributed by atoms with Gasteiger partial charge in [-0.15, -0.1) is 0 Å². The molecule has 6 nitrogen and oxygen atoms in total. The average molecular weight is 412 g/mol.